The molecule has 1 aromatic heterocycles. The largest absolute Gasteiger partial charge is 0.493 e. The van der Waals surface area contributed by atoms with Gasteiger partial charge in [0.25, 0.3) is 0 Å². The second-order valence-electron chi connectivity index (χ2n) is 9.62. The minimum atomic E-state index is -0.423. The maximum atomic E-state index is 14.2. The van der Waals surface area contributed by atoms with E-state index in [1.807, 2.05) is 6.07 Å². The summed E-state index contributed by atoms with van der Waals surface area (Å²) in [5.74, 6) is 2.32. The molecular formula is C28H33ClFN7O2. The van der Waals surface area contributed by atoms with Crippen molar-refractivity contribution < 1.29 is 13.9 Å². The molecule has 2 aliphatic rings. The van der Waals surface area contributed by atoms with Crippen molar-refractivity contribution in [1.29, 1.82) is 0 Å². The van der Waals surface area contributed by atoms with E-state index in [4.69, 9.17) is 26.1 Å². The summed E-state index contributed by atoms with van der Waals surface area (Å²) in [7, 11) is 1.55. The first-order valence-corrected chi connectivity index (χ1v) is 13.8. The number of nitrogens with zero attached hydrogens (tertiary/aromatic N) is 6. The van der Waals surface area contributed by atoms with Crippen molar-refractivity contribution in [3.05, 3.63) is 58.4 Å². The van der Waals surface area contributed by atoms with Gasteiger partial charge in [-0.15, -0.1) is 0 Å². The molecule has 2 aromatic carbocycles. The summed E-state index contributed by atoms with van der Waals surface area (Å²) in [5.41, 5.74) is 4.02. The highest BCUT2D eigenvalue weighted by molar-refractivity contribution is 6.31. The summed E-state index contributed by atoms with van der Waals surface area (Å²) in [6, 6.07) is 9.92. The molecule has 39 heavy (non-hydrogen) atoms. The average Bonchev–Trinajstić information content (AvgIpc) is 2.98. The molecule has 1 N–H and O–H groups in total. The van der Waals surface area contributed by atoms with Gasteiger partial charge in [0.2, 0.25) is 17.8 Å². The van der Waals surface area contributed by atoms with E-state index in [1.54, 1.807) is 37.6 Å². The van der Waals surface area contributed by atoms with Crippen LogP contribution in [-0.4, -0.2) is 54.5 Å². The average molecular weight is 554 g/mol. The molecule has 206 valence electrons. The number of piperidine rings is 2. The van der Waals surface area contributed by atoms with Crippen molar-refractivity contribution in [1.82, 2.24) is 15.0 Å². The predicted molar refractivity (Wildman–Crippen MR) is 152 cm³/mol. The van der Waals surface area contributed by atoms with E-state index >= 15 is 0 Å². The maximum absolute atomic E-state index is 14.2. The number of hydrogen-bond donors (Lipinski definition) is 1. The van der Waals surface area contributed by atoms with E-state index in [0.717, 1.165) is 57.4 Å². The van der Waals surface area contributed by atoms with E-state index in [9.17, 15) is 4.39 Å². The monoisotopic (exact) mass is 553 g/mol. The SMILES string of the molecule is COc1ccc(/C=N\Nc2nc(N3CCCCC3)nc(N3CCCCC3)n2)cc1OCc1c(F)cccc1Cl. The van der Waals surface area contributed by atoms with Gasteiger partial charge in [0.1, 0.15) is 12.4 Å². The summed E-state index contributed by atoms with van der Waals surface area (Å²) in [4.78, 5) is 18.6. The molecule has 5 rings (SSSR count). The molecule has 0 atom stereocenters. The molecular weight excluding hydrogens is 521 g/mol. The summed E-state index contributed by atoms with van der Waals surface area (Å²) in [5, 5.41) is 4.69. The lowest BCUT2D eigenvalue weighted by atomic mass is 10.1. The van der Waals surface area contributed by atoms with Gasteiger partial charge in [-0.05, 0) is 74.4 Å². The van der Waals surface area contributed by atoms with Gasteiger partial charge in [0.15, 0.2) is 11.5 Å². The highest BCUT2D eigenvalue weighted by Crippen LogP contribution is 2.30. The van der Waals surface area contributed by atoms with Crippen LogP contribution < -0.4 is 24.7 Å². The van der Waals surface area contributed by atoms with E-state index in [0.29, 0.717) is 34.4 Å². The lowest BCUT2D eigenvalue weighted by Gasteiger charge is -2.30. The fourth-order valence-corrected chi connectivity index (χ4v) is 4.96. The standard InChI is InChI=1S/C28H33ClFN7O2/c1-38-24-12-11-20(17-25(24)39-19-21-22(29)9-8-10-23(21)30)18-31-35-26-32-27(36-13-4-2-5-14-36)34-28(33-26)37-15-6-3-7-16-37/h8-12,17-18H,2-7,13-16,19H2,1H3,(H,32,33,34,35)/b31-18-. The third kappa shape index (κ3) is 6.86. The highest BCUT2D eigenvalue weighted by atomic mass is 35.5. The lowest BCUT2D eigenvalue weighted by molar-refractivity contribution is 0.280. The molecule has 2 fully saturated rings. The van der Waals surface area contributed by atoms with Crippen LogP contribution in [0.3, 0.4) is 0 Å². The molecule has 11 heteroatoms. The number of aromatic nitrogens is 3. The number of hydrazone groups is 1. The summed E-state index contributed by atoms with van der Waals surface area (Å²) >= 11 is 6.15. The van der Waals surface area contributed by atoms with Crippen molar-refractivity contribution in [3.8, 4) is 11.5 Å². The lowest BCUT2D eigenvalue weighted by Crippen LogP contribution is -2.34. The predicted octanol–water partition coefficient (Wildman–Crippen LogP) is 5.68. The van der Waals surface area contributed by atoms with Crippen LogP contribution in [0.2, 0.25) is 5.02 Å². The van der Waals surface area contributed by atoms with Crippen molar-refractivity contribution in [3.63, 3.8) is 0 Å². The van der Waals surface area contributed by atoms with Gasteiger partial charge >= 0.3 is 0 Å². The van der Waals surface area contributed by atoms with Crippen LogP contribution in [0.25, 0.3) is 0 Å². The summed E-state index contributed by atoms with van der Waals surface area (Å²) in [6.07, 6.45) is 8.65. The smallest absolute Gasteiger partial charge is 0.250 e. The Hall–Kier alpha value is -3.66. The minimum absolute atomic E-state index is 0.0376. The maximum Gasteiger partial charge on any atom is 0.250 e. The first-order chi connectivity index (χ1) is 19.1. The summed E-state index contributed by atoms with van der Waals surface area (Å²) in [6.45, 7) is 3.74. The van der Waals surface area contributed by atoms with Crippen LogP contribution in [0, 0.1) is 5.82 Å². The third-order valence-corrected chi connectivity index (χ3v) is 7.24. The number of anilines is 3. The van der Waals surface area contributed by atoms with Crippen LogP contribution in [0.4, 0.5) is 22.2 Å². The number of benzene rings is 2. The Kier molecular flexibility index (Phi) is 8.93. The molecule has 0 amide bonds. The van der Waals surface area contributed by atoms with Crippen molar-refractivity contribution in [2.75, 3.05) is 48.5 Å². The molecule has 2 saturated heterocycles. The van der Waals surface area contributed by atoms with Gasteiger partial charge < -0.3 is 19.3 Å². The second kappa shape index (κ2) is 12.9. The fourth-order valence-electron chi connectivity index (χ4n) is 4.75. The molecule has 0 spiro atoms. The highest BCUT2D eigenvalue weighted by Gasteiger charge is 2.20. The van der Waals surface area contributed by atoms with Crippen molar-refractivity contribution in [2.45, 2.75) is 45.1 Å². The zero-order chi connectivity index (χ0) is 27.0. The Morgan fingerprint density at radius 2 is 1.59 bits per heavy atom. The number of halogens is 2. The third-order valence-electron chi connectivity index (χ3n) is 6.89. The number of rotatable bonds is 9. The van der Waals surface area contributed by atoms with E-state index in [-0.39, 0.29) is 12.2 Å². The zero-order valence-electron chi connectivity index (χ0n) is 22.1. The molecule has 0 aliphatic carbocycles. The first-order valence-electron chi connectivity index (χ1n) is 13.4. The number of nitrogens with one attached hydrogen (secondary N) is 1. The first kappa shape index (κ1) is 26.9. The van der Waals surface area contributed by atoms with Crippen LogP contribution in [0.15, 0.2) is 41.5 Å². The molecule has 0 bridgehead atoms. The van der Waals surface area contributed by atoms with E-state index < -0.39 is 5.82 Å². The van der Waals surface area contributed by atoms with Gasteiger partial charge in [0, 0.05) is 31.7 Å². The van der Waals surface area contributed by atoms with Gasteiger partial charge in [-0.1, -0.05) is 17.7 Å². The Morgan fingerprint density at radius 3 is 2.21 bits per heavy atom. The molecule has 0 radical (unpaired) electrons. The Morgan fingerprint density at radius 1 is 0.923 bits per heavy atom. The van der Waals surface area contributed by atoms with Crippen LogP contribution >= 0.6 is 11.6 Å². The van der Waals surface area contributed by atoms with Gasteiger partial charge in [-0.3, -0.25) is 0 Å². The molecule has 9 nitrogen and oxygen atoms in total. The zero-order valence-corrected chi connectivity index (χ0v) is 22.8. The van der Waals surface area contributed by atoms with Crippen LogP contribution in [-0.2, 0) is 6.61 Å². The topological polar surface area (TPSA) is 88.0 Å². The molecule has 3 heterocycles. The van der Waals surface area contributed by atoms with Crippen LogP contribution in [0.5, 0.6) is 11.5 Å². The minimum Gasteiger partial charge on any atom is -0.493 e. The molecule has 2 aliphatic heterocycles. The Bertz CT molecular complexity index is 1240. The van der Waals surface area contributed by atoms with Gasteiger partial charge in [0.05, 0.1) is 18.3 Å². The fraction of sp³-hybridized carbons (Fsp3) is 0.429. The van der Waals surface area contributed by atoms with E-state index in [2.05, 4.69) is 30.3 Å². The van der Waals surface area contributed by atoms with Crippen molar-refractivity contribution in [2.24, 2.45) is 5.10 Å². The number of hydrogen-bond acceptors (Lipinski definition) is 9. The molecule has 3 aromatic rings. The van der Waals surface area contributed by atoms with Gasteiger partial charge in [-0.2, -0.15) is 20.1 Å². The van der Waals surface area contributed by atoms with Crippen LogP contribution in [0.1, 0.15) is 49.7 Å². The normalized spacial score (nSPS) is 16.0. The number of ether oxygens (including phenoxy) is 2. The molecule has 0 saturated carbocycles. The Balaban J connectivity index is 1.32. The van der Waals surface area contributed by atoms with Crippen molar-refractivity contribution >= 4 is 35.7 Å². The summed E-state index contributed by atoms with van der Waals surface area (Å²) < 4.78 is 25.5. The molecule has 0 unspecified atom stereocenters. The second-order valence-corrected chi connectivity index (χ2v) is 10.0. The number of methoxy groups -OCH3 is 1. The Labute approximate surface area is 233 Å². The van der Waals surface area contributed by atoms with Gasteiger partial charge in [-0.25, -0.2) is 9.82 Å². The quantitative estimate of drug-likeness (QED) is 0.267. The van der Waals surface area contributed by atoms with E-state index in [1.165, 1.54) is 18.9 Å².